The summed E-state index contributed by atoms with van der Waals surface area (Å²) in [7, 11) is -3.44. The molecule has 0 radical (unpaired) electrons. The van der Waals surface area contributed by atoms with Gasteiger partial charge in [0.25, 0.3) is 0 Å². The molecule has 0 unspecified atom stereocenters. The lowest BCUT2D eigenvalue weighted by Gasteiger charge is -2.25. The van der Waals surface area contributed by atoms with Gasteiger partial charge in [0.15, 0.2) is 0 Å². The topological polar surface area (TPSA) is 66.1 Å². The van der Waals surface area contributed by atoms with Crippen LogP contribution in [-0.4, -0.2) is 35.8 Å². The van der Waals surface area contributed by atoms with Crippen LogP contribution < -0.4 is 0 Å². The Bertz CT molecular complexity index is 1070. The van der Waals surface area contributed by atoms with Crippen molar-refractivity contribution in [2.75, 3.05) is 13.1 Å². The van der Waals surface area contributed by atoms with Gasteiger partial charge in [-0.25, -0.2) is 17.8 Å². The fourth-order valence-corrected chi connectivity index (χ4v) is 4.72. The monoisotopic (exact) mass is 371 g/mol. The Kier molecular flexibility index (Phi) is 4.34. The van der Waals surface area contributed by atoms with Gasteiger partial charge in [0.1, 0.15) is 11.5 Å². The molecule has 0 atom stereocenters. The Balaban J connectivity index is 1.52. The van der Waals surface area contributed by atoms with E-state index in [-0.39, 0.29) is 11.6 Å². The minimum atomic E-state index is -3.44. The van der Waals surface area contributed by atoms with E-state index in [0.29, 0.717) is 25.1 Å². The average Bonchev–Trinajstić information content (AvgIpc) is 3.08. The number of sulfonamides is 1. The third-order valence-electron chi connectivity index (χ3n) is 4.62. The zero-order valence-electron chi connectivity index (χ0n) is 14.0. The molecule has 4 rings (SSSR count). The lowest BCUT2D eigenvalue weighted by molar-refractivity contribution is 0.440. The molecule has 0 saturated heterocycles. The van der Waals surface area contributed by atoms with E-state index in [9.17, 15) is 12.8 Å². The lowest BCUT2D eigenvalue weighted by Crippen LogP contribution is -2.35. The number of halogens is 1. The highest BCUT2D eigenvalue weighted by Gasteiger charge is 2.25. The van der Waals surface area contributed by atoms with Crippen molar-refractivity contribution >= 4 is 26.6 Å². The van der Waals surface area contributed by atoms with Crippen molar-refractivity contribution in [1.82, 2.24) is 14.3 Å². The van der Waals surface area contributed by atoms with E-state index in [0.717, 1.165) is 22.2 Å². The van der Waals surface area contributed by atoms with Gasteiger partial charge in [0.2, 0.25) is 10.0 Å². The van der Waals surface area contributed by atoms with Crippen molar-refractivity contribution < 1.29 is 12.8 Å². The number of pyridine rings is 1. The number of benzene rings is 1. The molecule has 0 bridgehead atoms. The van der Waals surface area contributed by atoms with Gasteiger partial charge < -0.3 is 4.98 Å². The molecule has 0 spiro atoms. The van der Waals surface area contributed by atoms with E-state index in [1.807, 2.05) is 24.4 Å². The number of nitrogens with zero attached hydrogens (tertiary/aromatic N) is 2. The first-order valence-electron chi connectivity index (χ1n) is 8.37. The summed E-state index contributed by atoms with van der Waals surface area (Å²) in [5.41, 5.74) is 3.61. The molecule has 26 heavy (non-hydrogen) atoms. The second kappa shape index (κ2) is 6.66. The molecule has 1 aliphatic rings. The standard InChI is InChI=1S/C19H18FN3O2S/c20-16-5-3-14(4-6-16)13-26(24,25)23-10-7-15(8-11-23)18-12-22-19-17(18)2-1-9-21-19/h1-7,9,12H,8,10-11,13H2,(H,21,22). The van der Waals surface area contributed by atoms with Crippen LogP contribution in [-0.2, 0) is 15.8 Å². The number of rotatable bonds is 4. The van der Waals surface area contributed by atoms with Gasteiger partial charge in [-0.3, -0.25) is 0 Å². The van der Waals surface area contributed by atoms with Gasteiger partial charge in [-0.05, 0) is 41.8 Å². The number of nitrogens with one attached hydrogen (secondary N) is 1. The highest BCUT2D eigenvalue weighted by Crippen LogP contribution is 2.29. The van der Waals surface area contributed by atoms with Gasteiger partial charge in [-0.2, -0.15) is 4.31 Å². The van der Waals surface area contributed by atoms with E-state index in [1.165, 1.54) is 28.6 Å². The Hall–Kier alpha value is -2.51. The first kappa shape index (κ1) is 16.9. The number of hydrogen-bond acceptors (Lipinski definition) is 3. The number of hydrogen-bond donors (Lipinski definition) is 1. The molecule has 0 fully saturated rings. The molecule has 0 saturated carbocycles. The molecular weight excluding hydrogens is 353 g/mol. The van der Waals surface area contributed by atoms with E-state index in [2.05, 4.69) is 9.97 Å². The van der Waals surface area contributed by atoms with Crippen LogP contribution in [0.15, 0.2) is 54.9 Å². The van der Waals surface area contributed by atoms with Crippen LogP contribution in [0.3, 0.4) is 0 Å². The lowest BCUT2D eigenvalue weighted by atomic mass is 10.0. The van der Waals surface area contributed by atoms with Gasteiger partial charge in [0.05, 0.1) is 5.75 Å². The summed E-state index contributed by atoms with van der Waals surface area (Å²) < 4.78 is 39.7. The smallest absolute Gasteiger partial charge is 0.218 e. The zero-order chi connectivity index (χ0) is 18.1. The van der Waals surface area contributed by atoms with Crippen LogP contribution in [0, 0.1) is 5.82 Å². The fourth-order valence-electron chi connectivity index (χ4n) is 3.25. The summed E-state index contributed by atoms with van der Waals surface area (Å²) in [4.78, 5) is 7.44. The van der Waals surface area contributed by atoms with Gasteiger partial charge >= 0.3 is 0 Å². The number of fused-ring (bicyclic) bond motifs is 1. The Morgan fingerprint density at radius 2 is 2.00 bits per heavy atom. The largest absolute Gasteiger partial charge is 0.346 e. The van der Waals surface area contributed by atoms with Crippen LogP contribution in [0.1, 0.15) is 17.5 Å². The summed E-state index contributed by atoms with van der Waals surface area (Å²) in [6, 6.07) is 9.48. The van der Waals surface area contributed by atoms with Crippen molar-refractivity contribution in [1.29, 1.82) is 0 Å². The predicted molar refractivity (Wildman–Crippen MR) is 99.3 cm³/mol. The molecular formula is C19H18FN3O2S. The number of H-pyrrole nitrogens is 1. The first-order valence-corrected chi connectivity index (χ1v) is 9.98. The fraction of sp³-hybridized carbons (Fsp3) is 0.211. The van der Waals surface area contributed by atoms with Gasteiger partial charge in [0, 0.05) is 36.4 Å². The molecule has 134 valence electrons. The Morgan fingerprint density at radius 1 is 1.19 bits per heavy atom. The number of aromatic amines is 1. The van der Waals surface area contributed by atoms with Crippen molar-refractivity contribution in [2.45, 2.75) is 12.2 Å². The van der Waals surface area contributed by atoms with Crippen molar-refractivity contribution in [3.63, 3.8) is 0 Å². The van der Waals surface area contributed by atoms with Crippen LogP contribution in [0.2, 0.25) is 0 Å². The maximum Gasteiger partial charge on any atom is 0.218 e. The Morgan fingerprint density at radius 3 is 2.73 bits per heavy atom. The number of aromatic nitrogens is 2. The molecule has 3 aromatic rings. The third kappa shape index (κ3) is 3.27. The van der Waals surface area contributed by atoms with E-state index >= 15 is 0 Å². The van der Waals surface area contributed by atoms with Crippen LogP contribution in [0.4, 0.5) is 4.39 Å². The van der Waals surface area contributed by atoms with Crippen molar-refractivity contribution in [2.24, 2.45) is 0 Å². The maximum absolute atomic E-state index is 13.0. The van der Waals surface area contributed by atoms with Gasteiger partial charge in [-0.15, -0.1) is 0 Å². The minimum absolute atomic E-state index is 0.118. The highest BCUT2D eigenvalue weighted by atomic mass is 32.2. The molecule has 3 heterocycles. The summed E-state index contributed by atoms with van der Waals surface area (Å²) in [5.74, 6) is -0.488. The average molecular weight is 371 g/mol. The Labute approximate surface area is 151 Å². The van der Waals surface area contributed by atoms with E-state index in [1.54, 1.807) is 6.20 Å². The highest BCUT2D eigenvalue weighted by molar-refractivity contribution is 7.88. The molecule has 1 aliphatic heterocycles. The molecule has 1 N–H and O–H groups in total. The predicted octanol–water partition coefficient (Wildman–Crippen LogP) is 3.32. The van der Waals surface area contributed by atoms with E-state index in [4.69, 9.17) is 0 Å². The summed E-state index contributed by atoms with van der Waals surface area (Å²) >= 11 is 0. The normalized spacial score (nSPS) is 16.0. The molecule has 2 aromatic heterocycles. The summed E-state index contributed by atoms with van der Waals surface area (Å²) in [6.45, 7) is 0.772. The van der Waals surface area contributed by atoms with E-state index < -0.39 is 10.0 Å². The quantitative estimate of drug-likeness (QED) is 0.765. The van der Waals surface area contributed by atoms with Crippen LogP contribution in [0.25, 0.3) is 16.6 Å². The van der Waals surface area contributed by atoms with Crippen molar-refractivity contribution in [3.8, 4) is 0 Å². The van der Waals surface area contributed by atoms with Crippen molar-refractivity contribution in [3.05, 3.63) is 71.8 Å². The second-order valence-corrected chi connectivity index (χ2v) is 8.29. The molecule has 0 amide bonds. The third-order valence-corrected chi connectivity index (χ3v) is 6.44. The molecule has 0 aliphatic carbocycles. The van der Waals surface area contributed by atoms with Gasteiger partial charge in [-0.1, -0.05) is 18.2 Å². The summed E-state index contributed by atoms with van der Waals surface area (Å²) in [6.07, 6.45) is 6.26. The second-order valence-electron chi connectivity index (χ2n) is 6.32. The zero-order valence-corrected chi connectivity index (χ0v) is 14.8. The molecule has 7 heteroatoms. The molecule has 5 nitrogen and oxygen atoms in total. The summed E-state index contributed by atoms with van der Waals surface area (Å²) in [5, 5.41) is 1.04. The minimum Gasteiger partial charge on any atom is -0.346 e. The van der Waals surface area contributed by atoms with Crippen LogP contribution >= 0.6 is 0 Å². The SMILES string of the molecule is O=S(=O)(Cc1ccc(F)cc1)N1CC=C(c2c[nH]c3ncccc23)CC1. The molecule has 1 aromatic carbocycles. The first-order chi connectivity index (χ1) is 12.5. The maximum atomic E-state index is 13.0. The van der Waals surface area contributed by atoms with Crippen LogP contribution in [0.5, 0.6) is 0 Å².